The van der Waals surface area contributed by atoms with Crippen molar-refractivity contribution in [3.63, 3.8) is 0 Å². The lowest BCUT2D eigenvalue weighted by molar-refractivity contribution is -0.116. The Labute approximate surface area is 181 Å². The van der Waals surface area contributed by atoms with Gasteiger partial charge in [0.2, 0.25) is 5.91 Å². The number of piperidine rings is 1. The molecule has 0 aliphatic carbocycles. The van der Waals surface area contributed by atoms with Crippen molar-refractivity contribution in [3.8, 4) is 0 Å². The first-order chi connectivity index (χ1) is 15.0. The highest BCUT2D eigenvalue weighted by Gasteiger charge is 2.27. The largest absolute Gasteiger partial charge is 0.360 e. The number of carbonyl (C=O) groups is 2. The maximum atomic E-state index is 13.1. The molecule has 2 saturated heterocycles. The van der Waals surface area contributed by atoms with E-state index >= 15 is 0 Å². The average Bonchev–Trinajstić information content (AvgIpc) is 3.41. The number of likely N-dealkylation sites (tertiary alicyclic amines) is 2. The molecule has 31 heavy (non-hydrogen) atoms. The Bertz CT molecular complexity index is 992. The molecule has 0 unspecified atom stereocenters. The van der Waals surface area contributed by atoms with E-state index in [2.05, 4.69) is 15.4 Å². The number of rotatable bonds is 6. The van der Waals surface area contributed by atoms with Gasteiger partial charge in [0.1, 0.15) is 12.3 Å². The highest BCUT2D eigenvalue weighted by Crippen LogP contribution is 2.21. The molecule has 0 aromatic carbocycles. The van der Waals surface area contributed by atoms with E-state index in [0.29, 0.717) is 23.1 Å². The van der Waals surface area contributed by atoms with E-state index in [1.165, 1.54) is 29.7 Å². The predicted molar refractivity (Wildman–Crippen MR) is 115 cm³/mol. The maximum Gasteiger partial charge on any atom is 0.255 e. The molecule has 4 rings (SSSR count). The standard InChI is InChI=1S/C22H29N5O4/c1-16-11-19(24-31-16)23-20(28)15-27-14-18(6-7-21(27)29)22(30)26-10-4-5-17(13-26)12-25-8-2-3-9-25/h6-7,11,14,17H,2-5,8-10,12-13,15H2,1H3,(H,23,24,28)/t17-/m0/s1. The minimum atomic E-state index is -0.413. The molecule has 0 spiro atoms. The van der Waals surface area contributed by atoms with Gasteiger partial charge in [0.05, 0.1) is 5.56 Å². The Hall–Kier alpha value is -2.94. The van der Waals surface area contributed by atoms with E-state index in [9.17, 15) is 14.4 Å². The second-order valence-electron chi connectivity index (χ2n) is 8.52. The van der Waals surface area contributed by atoms with E-state index in [1.54, 1.807) is 19.1 Å². The van der Waals surface area contributed by atoms with E-state index < -0.39 is 5.91 Å². The van der Waals surface area contributed by atoms with Gasteiger partial charge in [-0.2, -0.15) is 0 Å². The summed E-state index contributed by atoms with van der Waals surface area (Å²) in [6.07, 6.45) is 6.13. The van der Waals surface area contributed by atoms with Crippen molar-refractivity contribution in [1.82, 2.24) is 19.5 Å². The summed E-state index contributed by atoms with van der Waals surface area (Å²) >= 11 is 0. The van der Waals surface area contributed by atoms with Crippen molar-refractivity contribution in [2.45, 2.75) is 39.2 Å². The van der Waals surface area contributed by atoms with Crippen LogP contribution in [0, 0.1) is 12.8 Å². The van der Waals surface area contributed by atoms with Gasteiger partial charge in [0, 0.05) is 38.0 Å². The maximum absolute atomic E-state index is 13.1. The first-order valence-corrected chi connectivity index (χ1v) is 10.9. The number of nitrogens with zero attached hydrogens (tertiary/aromatic N) is 4. The summed E-state index contributed by atoms with van der Waals surface area (Å²) in [7, 11) is 0. The number of aromatic nitrogens is 2. The zero-order chi connectivity index (χ0) is 21.8. The van der Waals surface area contributed by atoms with E-state index in [-0.39, 0.29) is 18.0 Å². The molecule has 2 aromatic rings. The minimum absolute atomic E-state index is 0.0904. The molecular formula is C22H29N5O4. The Morgan fingerprint density at radius 3 is 2.74 bits per heavy atom. The van der Waals surface area contributed by atoms with Crippen LogP contribution in [0.25, 0.3) is 0 Å². The molecule has 2 fully saturated rings. The summed E-state index contributed by atoms with van der Waals surface area (Å²) in [5.74, 6) is 0.847. The van der Waals surface area contributed by atoms with E-state index in [0.717, 1.165) is 45.6 Å². The summed E-state index contributed by atoms with van der Waals surface area (Å²) in [6, 6.07) is 4.48. The fourth-order valence-corrected chi connectivity index (χ4v) is 4.46. The molecule has 4 heterocycles. The molecule has 9 heteroatoms. The number of aryl methyl sites for hydroxylation is 1. The van der Waals surface area contributed by atoms with Crippen molar-refractivity contribution in [2.75, 3.05) is 38.0 Å². The van der Waals surface area contributed by atoms with Gasteiger partial charge in [0.15, 0.2) is 5.82 Å². The Balaban J connectivity index is 1.39. The zero-order valence-corrected chi connectivity index (χ0v) is 17.9. The third-order valence-electron chi connectivity index (χ3n) is 5.96. The van der Waals surface area contributed by atoms with Crippen LogP contribution in [0.4, 0.5) is 5.82 Å². The molecule has 166 valence electrons. The van der Waals surface area contributed by atoms with Gasteiger partial charge in [-0.3, -0.25) is 14.4 Å². The molecule has 2 amide bonds. The lowest BCUT2D eigenvalue weighted by Crippen LogP contribution is -2.43. The molecular weight excluding hydrogens is 398 g/mol. The van der Waals surface area contributed by atoms with Crippen LogP contribution >= 0.6 is 0 Å². The second-order valence-corrected chi connectivity index (χ2v) is 8.52. The van der Waals surface area contributed by atoms with E-state index in [4.69, 9.17) is 4.52 Å². The molecule has 9 nitrogen and oxygen atoms in total. The number of nitrogens with one attached hydrogen (secondary N) is 1. The summed E-state index contributed by atoms with van der Waals surface area (Å²) in [5, 5.41) is 6.30. The lowest BCUT2D eigenvalue weighted by Gasteiger charge is -2.34. The fraction of sp³-hybridized carbons (Fsp3) is 0.545. The number of carbonyl (C=O) groups excluding carboxylic acids is 2. The third-order valence-corrected chi connectivity index (χ3v) is 5.96. The van der Waals surface area contributed by atoms with Gasteiger partial charge in [-0.15, -0.1) is 0 Å². The normalized spacial score (nSPS) is 19.5. The highest BCUT2D eigenvalue weighted by molar-refractivity contribution is 5.94. The van der Waals surface area contributed by atoms with Crippen LogP contribution in [-0.2, 0) is 11.3 Å². The SMILES string of the molecule is Cc1cc(NC(=O)Cn2cc(C(=O)N3CCC[C@@H](CN4CCCC4)C3)ccc2=O)no1. The third kappa shape index (κ3) is 5.41. The number of hydrogen-bond donors (Lipinski definition) is 1. The lowest BCUT2D eigenvalue weighted by atomic mass is 9.97. The molecule has 2 aliphatic heterocycles. The topological polar surface area (TPSA) is 101 Å². The van der Waals surface area contributed by atoms with Crippen LogP contribution in [0.1, 0.15) is 41.8 Å². The van der Waals surface area contributed by atoms with Gasteiger partial charge in [-0.25, -0.2) is 0 Å². The summed E-state index contributed by atoms with van der Waals surface area (Å²) < 4.78 is 6.17. The van der Waals surface area contributed by atoms with Crippen molar-refractivity contribution in [2.24, 2.45) is 5.92 Å². The number of hydrogen-bond acceptors (Lipinski definition) is 6. The van der Waals surface area contributed by atoms with E-state index in [1.807, 2.05) is 4.90 Å². The fourth-order valence-electron chi connectivity index (χ4n) is 4.46. The zero-order valence-electron chi connectivity index (χ0n) is 17.9. The summed E-state index contributed by atoms with van der Waals surface area (Å²) in [5.41, 5.74) is 0.0834. The first kappa shape index (κ1) is 21.3. The van der Waals surface area contributed by atoms with Crippen molar-refractivity contribution < 1.29 is 14.1 Å². The molecule has 0 radical (unpaired) electrons. The summed E-state index contributed by atoms with van der Waals surface area (Å²) in [4.78, 5) is 42.0. The predicted octanol–water partition coefficient (Wildman–Crippen LogP) is 1.73. The molecule has 2 aliphatic rings. The highest BCUT2D eigenvalue weighted by atomic mass is 16.5. The van der Waals surface area contributed by atoms with Gasteiger partial charge in [-0.05, 0) is 57.7 Å². The monoisotopic (exact) mass is 427 g/mol. The Morgan fingerprint density at radius 1 is 1.19 bits per heavy atom. The van der Waals surface area contributed by atoms with Gasteiger partial charge in [0.25, 0.3) is 11.5 Å². The van der Waals surface area contributed by atoms with Crippen molar-refractivity contribution >= 4 is 17.6 Å². The minimum Gasteiger partial charge on any atom is -0.360 e. The first-order valence-electron chi connectivity index (χ1n) is 10.9. The van der Waals surface area contributed by atoms with Crippen LogP contribution in [0.15, 0.2) is 33.7 Å². The van der Waals surface area contributed by atoms with Crippen molar-refractivity contribution in [3.05, 3.63) is 46.1 Å². The van der Waals surface area contributed by atoms with Crippen LogP contribution in [-0.4, -0.2) is 64.1 Å². The summed E-state index contributed by atoms with van der Waals surface area (Å²) in [6.45, 7) is 6.34. The number of amides is 2. The Kier molecular flexibility index (Phi) is 6.50. The van der Waals surface area contributed by atoms with Gasteiger partial charge in [-0.1, -0.05) is 5.16 Å². The number of anilines is 1. The molecule has 1 atom stereocenters. The molecule has 0 bridgehead atoms. The molecule has 1 N–H and O–H groups in total. The Morgan fingerprint density at radius 2 is 2.00 bits per heavy atom. The van der Waals surface area contributed by atoms with Crippen LogP contribution in [0.5, 0.6) is 0 Å². The molecule has 2 aromatic heterocycles. The number of pyridine rings is 1. The van der Waals surface area contributed by atoms with Crippen molar-refractivity contribution in [1.29, 1.82) is 0 Å². The van der Waals surface area contributed by atoms with Crippen LogP contribution in [0.3, 0.4) is 0 Å². The second kappa shape index (κ2) is 9.47. The van der Waals surface area contributed by atoms with Crippen LogP contribution in [0.2, 0.25) is 0 Å². The average molecular weight is 428 g/mol. The smallest absolute Gasteiger partial charge is 0.255 e. The quantitative estimate of drug-likeness (QED) is 0.754. The van der Waals surface area contributed by atoms with Gasteiger partial charge < -0.3 is 24.2 Å². The van der Waals surface area contributed by atoms with Crippen LogP contribution < -0.4 is 10.9 Å². The molecule has 0 saturated carbocycles. The van der Waals surface area contributed by atoms with Gasteiger partial charge >= 0.3 is 0 Å².